The maximum Gasteiger partial charge on any atom is 0.0685 e. The molecule has 98 valence electrons. The molecule has 0 aromatic rings. The number of hydrogen-bond acceptors (Lipinski definition) is 2. The third-order valence-corrected chi connectivity index (χ3v) is 5.52. The second-order valence-corrected chi connectivity index (χ2v) is 6.68. The van der Waals surface area contributed by atoms with E-state index < -0.39 is 0 Å². The molecule has 1 spiro atoms. The van der Waals surface area contributed by atoms with Crippen LogP contribution in [0.4, 0.5) is 0 Å². The van der Waals surface area contributed by atoms with Crippen LogP contribution < -0.4 is 5.32 Å². The summed E-state index contributed by atoms with van der Waals surface area (Å²) in [5.41, 5.74) is 0.288. The lowest BCUT2D eigenvalue weighted by Crippen LogP contribution is -2.46. The van der Waals surface area contributed by atoms with Gasteiger partial charge in [0, 0.05) is 12.6 Å². The first-order valence-electron chi connectivity index (χ1n) is 7.55. The van der Waals surface area contributed by atoms with E-state index in [9.17, 15) is 0 Å². The maximum atomic E-state index is 6.15. The van der Waals surface area contributed by atoms with Crippen molar-refractivity contribution in [3.8, 4) is 0 Å². The Kier molecular flexibility index (Phi) is 3.20. The summed E-state index contributed by atoms with van der Waals surface area (Å²) >= 11 is 0. The Hall–Kier alpha value is -0.0800. The first-order chi connectivity index (χ1) is 8.24. The van der Waals surface area contributed by atoms with Crippen molar-refractivity contribution in [3.05, 3.63) is 0 Å². The Balaban J connectivity index is 1.66. The summed E-state index contributed by atoms with van der Waals surface area (Å²) in [6.07, 6.45) is 9.45. The number of hydrogen-bond donors (Lipinski definition) is 1. The smallest absolute Gasteiger partial charge is 0.0685 e. The van der Waals surface area contributed by atoms with E-state index in [0.29, 0.717) is 0 Å². The summed E-state index contributed by atoms with van der Waals surface area (Å²) in [4.78, 5) is 0. The van der Waals surface area contributed by atoms with Gasteiger partial charge in [0.25, 0.3) is 0 Å². The Morgan fingerprint density at radius 1 is 1.29 bits per heavy atom. The molecule has 1 saturated heterocycles. The number of ether oxygens (including phenoxy) is 1. The van der Waals surface area contributed by atoms with Crippen molar-refractivity contribution >= 4 is 0 Å². The largest absolute Gasteiger partial charge is 0.375 e. The molecule has 2 heteroatoms. The molecule has 0 aromatic heterocycles. The zero-order valence-electron chi connectivity index (χ0n) is 11.4. The molecular formula is C15H27NO. The molecule has 2 saturated carbocycles. The van der Waals surface area contributed by atoms with E-state index in [1.165, 1.54) is 44.9 Å². The van der Waals surface area contributed by atoms with Gasteiger partial charge in [0.15, 0.2) is 0 Å². The standard InChI is InChI=1S/C15H27NO/c1-11-9-13(11)14(16-2)12-5-8-17-15(10-12)6-3-4-7-15/h11-14,16H,3-10H2,1-2H3. The molecule has 4 atom stereocenters. The maximum absolute atomic E-state index is 6.15. The Labute approximate surface area is 105 Å². The van der Waals surface area contributed by atoms with Crippen LogP contribution in [0.1, 0.15) is 51.9 Å². The topological polar surface area (TPSA) is 21.3 Å². The molecule has 3 rings (SSSR count). The molecule has 2 nitrogen and oxygen atoms in total. The Bertz CT molecular complexity index is 272. The summed E-state index contributed by atoms with van der Waals surface area (Å²) in [5, 5.41) is 3.61. The van der Waals surface area contributed by atoms with E-state index in [-0.39, 0.29) is 5.60 Å². The average Bonchev–Trinajstić information content (AvgIpc) is 2.87. The van der Waals surface area contributed by atoms with Crippen LogP contribution in [0.5, 0.6) is 0 Å². The second-order valence-electron chi connectivity index (χ2n) is 6.68. The highest BCUT2D eigenvalue weighted by atomic mass is 16.5. The molecule has 2 aliphatic carbocycles. The molecule has 1 aliphatic heterocycles. The van der Waals surface area contributed by atoms with Crippen molar-refractivity contribution in [1.29, 1.82) is 0 Å². The molecule has 1 heterocycles. The van der Waals surface area contributed by atoms with Gasteiger partial charge < -0.3 is 10.1 Å². The second kappa shape index (κ2) is 4.55. The third kappa shape index (κ3) is 2.26. The van der Waals surface area contributed by atoms with E-state index in [0.717, 1.165) is 30.4 Å². The molecule has 17 heavy (non-hydrogen) atoms. The van der Waals surface area contributed by atoms with Crippen molar-refractivity contribution in [2.24, 2.45) is 17.8 Å². The lowest BCUT2D eigenvalue weighted by molar-refractivity contribution is -0.0988. The van der Waals surface area contributed by atoms with Crippen molar-refractivity contribution < 1.29 is 4.74 Å². The van der Waals surface area contributed by atoms with Crippen LogP contribution in [0.15, 0.2) is 0 Å². The van der Waals surface area contributed by atoms with Crippen LogP contribution in [0.25, 0.3) is 0 Å². The van der Waals surface area contributed by atoms with Crippen LogP contribution in [-0.2, 0) is 4.74 Å². The van der Waals surface area contributed by atoms with Gasteiger partial charge in [0.2, 0.25) is 0 Å². The van der Waals surface area contributed by atoms with Gasteiger partial charge in [-0.25, -0.2) is 0 Å². The summed E-state index contributed by atoms with van der Waals surface area (Å²) in [7, 11) is 2.16. The minimum atomic E-state index is 0.288. The molecule has 0 bridgehead atoms. The van der Waals surface area contributed by atoms with Crippen LogP contribution in [-0.4, -0.2) is 25.3 Å². The number of nitrogens with one attached hydrogen (secondary N) is 1. The van der Waals surface area contributed by atoms with Gasteiger partial charge in [-0.05, 0) is 56.9 Å². The molecule has 0 radical (unpaired) electrons. The van der Waals surface area contributed by atoms with Crippen molar-refractivity contribution in [1.82, 2.24) is 5.32 Å². The van der Waals surface area contributed by atoms with Crippen LogP contribution in [0.2, 0.25) is 0 Å². The zero-order chi connectivity index (χ0) is 11.9. The molecule has 0 amide bonds. The fraction of sp³-hybridized carbons (Fsp3) is 1.00. The predicted molar refractivity (Wildman–Crippen MR) is 70.0 cm³/mol. The van der Waals surface area contributed by atoms with E-state index in [1.54, 1.807) is 0 Å². The average molecular weight is 237 g/mol. The first-order valence-corrected chi connectivity index (χ1v) is 7.55. The first kappa shape index (κ1) is 12.0. The lowest BCUT2D eigenvalue weighted by Gasteiger charge is -2.41. The van der Waals surface area contributed by atoms with Crippen LogP contribution in [0, 0.1) is 17.8 Å². The van der Waals surface area contributed by atoms with Crippen LogP contribution >= 0.6 is 0 Å². The van der Waals surface area contributed by atoms with E-state index >= 15 is 0 Å². The minimum Gasteiger partial charge on any atom is -0.375 e. The molecule has 1 N–H and O–H groups in total. The summed E-state index contributed by atoms with van der Waals surface area (Å²) in [6, 6.07) is 0.756. The van der Waals surface area contributed by atoms with Gasteiger partial charge in [-0.2, -0.15) is 0 Å². The molecular weight excluding hydrogens is 210 g/mol. The highest BCUT2D eigenvalue weighted by Gasteiger charge is 2.47. The van der Waals surface area contributed by atoms with Crippen molar-refractivity contribution in [3.63, 3.8) is 0 Å². The summed E-state index contributed by atoms with van der Waals surface area (Å²) in [6.45, 7) is 3.41. The van der Waals surface area contributed by atoms with Gasteiger partial charge >= 0.3 is 0 Å². The van der Waals surface area contributed by atoms with Gasteiger partial charge in [-0.1, -0.05) is 19.8 Å². The van der Waals surface area contributed by atoms with E-state index in [4.69, 9.17) is 4.74 Å². The van der Waals surface area contributed by atoms with E-state index in [2.05, 4.69) is 19.3 Å². The molecule has 0 aromatic carbocycles. The summed E-state index contributed by atoms with van der Waals surface area (Å²) < 4.78 is 6.15. The highest BCUT2D eigenvalue weighted by Crippen LogP contribution is 2.48. The predicted octanol–water partition coefficient (Wildman–Crippen LogP) is 2.97. The monoisotopic (exact) mass is 237 g/mol. The van der Waals surface area contributed by atoms with Crippen LogP contribution in [0.3, 0.4) is 0 Å². The Morgan fingerprint density at radius 3 is 2.59 bits per heavy atom. The van der Waals surface area contributed by atoms with Gasteiger partial charge in [-0.15, -0.1) is 0 Å². The quantitative estimate of drug-likeness (QED) is 0.815. The molecule has 3 aliphatic rings. The number of rotatable bonds is 3. The van der Waals surface area contributed by atoms with Crippen molar-refractivity contribution in [2.75, 3.05) is 13.7 Å². The molecule has 4 unspecified atom stereocenters. The fourth-order valence-corrected chi connectivity index (χ4v) is 4.39. The highest BCUT2D eigenvalue weighted by molar-refractivity contribution is 5.00. The van der Waals surface area contributed by atoms with Gasteiger partial charge in [0.1, 0.15) is 0 Å². The third-order valence-electron chi connectivity index (χ3n) is 5.52. The van der Waals surface area contributed by atoms with Crippen molar-refractivity contribution in [2.45, 2.75) is 63.5 Å². The summed E-state index contributed by atoms with van der Waals surface area (Å²) in [5.74, 6) is 2.76. The zero-order valence-corrected chi connectivity index (χ0v) is 11.4. The molecule has 3 fully saturated rings. The van der Waals surface area contributed by atoms with Gasteiger partial charge in [0.05, 0.1) is 5.60 Å². The fourth-order valence-electron chi connectivity index (χ4n) is 4.39. The SMILES string of the molecule is CNC(C1CCOC2(CCCC2)C1)C1CC1C. The van der Waals surface area contributed by atoms with E-state index in [1.807, 2.05) is 0 Å². The minimum absolute atomic E-state index is 0.288. The Morgan fingerprint density at radius 2 is 2.00 bits per heavy atom. The lowest BCUT2D eigenvalue weighted by atomic mass is 9.79. The van der Waals surface area contributed by atoms with Gasteiger partial charge in [-0.3, -0.25) is 0 Å². The normalized spacial score (nSPS) is 41.6.